The second kappa shape index (κ2) is 6.15. The van der Waals surface area contributed by atoms with Gasteiger partial charge in [-0.25, -0.2) is 9.97 Å². The smallest absolute Gasteiger partial charge is 0.292 e. The number of carbonyl (C=O) groups excluding carboxylic acids is 1. The van der Waals surface area contributed by atoms with Crippen LogP contribution in [0.3, 0.4) is 0 Å². The van der Waals surface area contributed by atoms with Crippen molar-refractivity contribution in [2.45, 2.75) is 19.6 Å². The van der Waals surface area contributed by atoms with Gasteiger partial charge in [0.1, 0.15) is 11.6 Å². The highest BCUT2D eigenvalue weighted by Gasteiger charge is 2.25. The largest absolute Gasteiger partial charge is 0.364 e. The summed E-state index contributed by atoms with van der Waals surface area (Å²) in [7, 11) is 0. The molecule has 1 amide bonds. The van der Waals surface area contributed by atoms with E-state index in [9.17, 15) is 4.79 Å². The lowest BCUT2D eigenvalue weighted by Crippen LogP contribution is -2.38. The molecule has 0 unspecified atom stereocenters. The Morgan fingerprint density at radius 1 is 1.25 bits per heavy atom. The Hall–Kier alpha value is -3.16. The molecule has 1 N–H and O–H groups in total. The summed E-state index contributed by atoms with van der Waals surface area (Å²) in [5, 5.41) is 6.82. The highest BCUT2D eigenvalue weighted by Crippen LogP contribution is 2.16. The normalized spacial score (nSPS) is 13.6. The molecular weight excluding hydrogens is 308 g/mol. The molecule has 0 aromatic carbocycles. The average Bonchev–Trinajstić information content (AvgIpc) is 3.29. The molecule has 4 rings (SSSR count). The third kappa shape index (κ3) is 2.85. The summed E-state index contributed by atoms with van der Waals surface area (Å²) in [5.41, 5.74) is 0.921. The van der Waals surface area contributed by atoms with E-state index in [4.69, 9.17) is 4.52 Å². The molecular formula is C16H16N6O2. The Labute approximate surface area is 138 Å². The first kappa shape index (κ1) is 14.4. The van der Waals surface area contributed by atoms with Crippen LogP contribution in [0.4, 0.5) is 5.82 Å². The SMILES string of the molecule is O=C(c1ccno1)N1CCn2cc(CNc3ccccn3)nc2C1. The number of pyridine rings is 1. The molecule has 3 aromatic rings. The van der Waals surface area contributed by atoms with Crippen molar-refractivity contribution in [3.63, 3.8) is 0 Å². The topological polar surface area (TPSA) is 89.1 Å². The third-order valence-electron chi connectivity index (χ3n) is 3.90. The maximum atomic E-state index is 12.3. The molecule has 122 valence electrons. The van der Waals surface area contributed by atoms with Crippen molar-refractivity contribution < 1.29 is 9.32 Å². The van der Waals surface area contributed by atoms with E-state index in [0.29, 0.717) is 26.2 Å². The van der Waals surface area contributed by atoms with Gasteiger partial charge in [0.05, 0.1) is 25.0 Å². The minimum absolute atomic E-state index is 0.157. The number of amides is 1. The van der Waals surface area contributed by atoms with Gasteiger partial charge in [0, 0.05) is 31.5 Å². The molecule has 1 aliphatic rings. The van der Waals surface area contributed by atoms with Crippen molar-refractivity contribution in [2.75, 3.05) is 11.9 Å². The highest BCUT2D eigenvalue weighted by atomic mass is 16.5. The zero-order valence-corrected chi connectivity index (χ0v) is 12.9. The summed E-state index contributed by atoms with van der Waals surface area (Å²) in [4.78, 5) is 22.9. The zero-order valence-electron chi connectivity index (χ0n) is 12.9. The van der Waals surface area contributed by atoms with E-state index in [1.54, 1.807) is 17.2 Å². The Morgan fingerprint density at radius 3 is 3.00 bits per heavy atom. The van der Waals surface area contributed by atoms with Crippen LogP contribution in [0.1, 0.15) is 22.1 Å². The van der Waals surface area contributed by atoms with Crippen LogP contribution in [0, 0.1) is 0 Å². The highest BCUT2D eigenvalue weighted by molar-refractivity contribution is 5.91. The van der Waals surface area contributed by atoms with Gasteiger partial charge in [0.25, 0.3) is 5.91 Å². The molecule has 8 nitrogen and oxygen atoms in total. The van der Waals surface area contributed by atoms with Crippen molar-refractivity contribution in [1.29, 1.82) is 0 Å². The summed E-state index contributed by atoms with van der Waals surface area (Å²) in [6, 6.07) is 7.29. The van der Waals surface area contributed by atoms with Gasteiger partial charge in [-0.2, -0.15) is 0 Å². The van der Waals surface area contributed by atoms with Gasteiger partial charge in [0.15, 0.2) is 0 Å². The van der Waals surface area contributed by atoms with E-state index < -0.39 is 0 Å². The number of nitrogens with zero attached hydrogens (tertiary/aromatic N) is 5. The van der Waals surface area contributed by atoms with Gasteiger partial charge in [0.2, 0.25) is 5.76 Å². The molecule has 0 saturated heterocycles. The van der Waals surface area contributed by atoms with Crippen LogP contribution < -0.4 is 5.32 Å². The van der Waals surface area contributed by atoms with Gasteiger partial charge in [-0.05, 0) is 12.1 Å². The molecule has 8 heteroatoms. The first-order chi connectivity index (χ1) is 11.8. The number of nitrogens with one attached hydrogen (secondary N) is 1. The lowest BCUT2D eigenvalue weighted by Gasteiger charge is -2.26. The number of fused-ring (bicyclic) bond motifs is 1. The van der Waals surface area contributed by atoms with Gasteiger partial charge >= 0.3 is 0 Å². The lowest BCUT2D eigenvalue weighted by molar-refractivity contribution is 0.0665. The zero-order chi connectivity index (χ0) is 16.4. The van der Waals surface area contributed by atoms with Crippen LogP contribution in [0.25, 0.3) is 0 Å². The Morgan fingerprint density at radius 2 is 2.21 bits per heavy atom. The molecule has 0 aliphatic carbocycles. The van der Waals surface area contributed by atoms with Crippen LogP contribution in [0.5, 0.6) is 0 Å². The molecule has 0 saturated carbocycles. The van der Waals surface area contributed by atoms with E-state index in [1.165, 1.54) is 6.20 Å². The molecule has 1 aliphatic heterocycles. The standard InChI is InChI=1S/C16H16N6O2/c23-16(13-4-6-19-24-13)22-8-7-21-10-12(20-15(21)11-22)9-18-14-3-1-2-5-17-14/h1-6,10H,7-9,11H2,(H,17,18). The van der Waals surface area contributed by atoms with E-state index in [2.05, 4.69) is 25.0 Å². The van der Waals surface area contributed by atoms with Crippen molar-refractivity contribution in [3.8, 4) is 0 Å². The van der Waals surface area contributed by atoms with Crippen LogP contribution in [0.2, 0.25) is 0 Å². The summed E-state index contributed by atoms with van der Waals surface area (Å²) < 4.78 is 7.03. The molecule has 0 spiro atoms. The fourth-order valence-corrected chi connectivity index (χ4v) is 2.70. The van der Waals surface area contributed by atoms with Gasteiger partial charge < -0.3 is 19.3 Å². The van der Waals surface area contributed by atoms with Gasteiger partial charge in [-0.15, -0.1) is 0 Å². The fourth-order valence-electron chi connectivity index (χ4n) is 2.70. The Kier molecular flexibility index (Phi) is 3.70. The third-order valence-corrected chi connectivity index (χ3v) is 3.90. The van der Waals surface area contributed by atoms with Crippen molar-refractivity contribution in [1.82, 2.24) is 24.6 Å². The number of anilines is 1. The first-order valence-corrected chi connectivity index (χ1v) is 7.69. The maximum Gasteiger partial charge on any atom is 0.292 e. The van der Waals surface area contributed by atoms with Gasteiger partial charge in [-0.3, -0.25) is 4.79 Å². The quantitative estimate of drug-likeness (QED) is 0.783. The predicted octanol–water partition coefficient (Wildman–Crippen LogP) is 1.53. The average molecular weight is 324 g/mol. The summed E-state index contributed by atoms with van der Waals surface area (Å²) in [6.07, 6.45) is 5.23. The number of rotatable bonds is 4. The van der Waals surface area contributed by atoms with Crippen LogP contribution >= 0.6 is 0 Å². The van der Waals surface area contributed by atoms with Crippen molar-refractivity contribution in [3.05, 3.63) is 60.1 Å². The fraction of sp³-hybridized carbons (Fsp3) is 0.250. The molecule has 0 fully saturated rings. The lowest BCUT2D eigenvalue weighted by atomic mass is 10.3. The van der Waals surface area contributed by atoms with E-state index in [-0.39, 0.29) is 11.7 Å². The molecule has 0 atom stereocenters. The maximum absolute atomic E-state index is 12.3. The predicted molar refractivity (Wildman–Crippen MR) is 85.0 cm³/mol. The van der Waals surface area contributed by atoms with Crippen molar-refractivity contribution in [2.24, 2.45) is 0 Å². The molecule has 4 heterocycles. The number of aromatic nitrogens is 4. The summed E-state index contributed by atoms with van der Waals surface area (Å²) >= 11 is 0. The first-order valence-electron chi connectivity index (χ1n) is 7.69. The molecule has 3 aromatic heterocycles. The Bertz CT molecular complexity index is 828. The number of hydrogen-bond acceptors (Lipinski definition) is 6. The number of carbonyl (C=O) groups is 1. The minimum atomic E-state index is -0.157. The van der Waals surface area contributed by atoms with Crippen molar-refractivity contribution >= 4 is 11.7 Å². The number of imidazole rings is 1. The molecule has 0 radical (unpaired) electrons. The summed E-state index contributed by atoms with van der Waals surface area (Å²) in [5.74, 6) is 1.78. The van der Waals surface area contributed by atoms with Crippen LogP contribution in [0.15, 0.2) is 47.4 Å². The second-order valence-corrected chi connectivity index (χ2v) is 5.51. The van der Waals surface area contributed by atoms with E-state index >= 15 is 0 Å². The minimum Gasteiger partial charge on any atom is -0.364 e. The van der Waals surface area contributed by atoms with E-state index in [0.717, 1.165) is 17.3 Å². The summed E-state index contributed by atoms with van der Waals surface area (Å²) in [6.45, 7) is 2.39. The number of hydrogen-bond donors (Lipinski definition) is 1. The van der Waals surface area contributed by atoms with Gasteiger partial charge in [-0.1, -0.05) is 11.2 Å². The monoisotopic (exact) mass is 324 g/mol. The second-order valence-electron chi connectivity index (χ2n) is 5.51. The van der Waals surface area contributed by atoms with Crippen LogP contribution in [-0.4, -0.2) is 37.0 Å². The Balaban J connectivity index is 1.43. The molecule has 24 heavy (non-hydrogen) atoms. The van der Waals surface area contributed by atoms with E-state index in [1.807, 2.05) is 24.4 Å². The van der Waals surface area contributed by atoms with Crippen LogP contribution in [-0.2, 0) is 19.6 Å². The molecule has 0 bridgehead atoms.